The van der Waals surface area contributed by atoms with Crippen LogP contribution in [0.5, 0.6) is 0 Å². The summed E-state index contributed by atoms with van der Waals surface area (Å²) in [5, 5.41) is 9.05. The summed E-state index contributed by atoms with van der Waals surface area (Å²) >= 11 is 0. The molecule has 1 saturated carbocycles. The smallest absolute Gasteiger partial charge is 0.101 e. The van der Waals surface area contributed by atoms with Gasteiger partial charge in [-0.25, -0.2) is 0 Å². The van der Waals surface area contributed by atoms with E-state index < -0.39 is 0 Å². The molecule has 96 valence electrons. The van der Waals surface area contributed by atoms with Crippen molar-refractivity contribution in [1.29, 1.82) is 5.26 Å². The first kappa shape index (κ1) is 12.8. The molecule has 18 heavy (non-hydrogen) atoms. The van der Waals surface area contributed by atoms with Gasteiger partial charge in [0.1, 0.15) is 6.07 Å². The molecule has 0 bridgehead atoms. The number of nitrogens with zero attached hydrogens (tertiary/aromatic N) is 2. The van der Waals surface area contributed by atoms with Crippen molar-refractivity contribution < 1.29 is 0 Å². The molecule has 0 heterocycles. The van der Waals surface area contributed by atoms with E-state index in [4.69, 9.17) is 11.0 Å². The highest BCUT2D eigenvalue weighted by molar-refractivity contribution is 5.74. The predicted molar refractivity (Wildman–Crippen MR) is 75.4 cm³/mol. The molecule has 0 atom stereocenters. The Hall–Kier alpha value is -1.69. The minimum atomic E-state index is 0.586. The van der Waals surface area contributed by atoms with Crippen LogP contribution in [0.1, 0.15) is 38.7 Å². The number of benzene rings is 1. The van der Waals surface area contributed by atoms with Crippen molar-refractivity contribution in [3.8, 4) is 6.07 Å². The van der Waals surface area contributed by atoms with Crippen molar-refractivity contribution in [2.75, 3.05) is 17.2 Å². The summed E-state index contributed by atoms with van der Waals surface area (Å²) in [5.74, 6) is 0.687. The van der Waals surface area contributed by atoms with Crippen LogP contribution >= 0.6 is 0 Å². The van der Waals surface area contributed by atoms with Gasteiger partial charge in [-0.1, -0.05) is 19.9 Å². The summed E-state index contributed by atoms with van der Waals surface area (Å²) in [6.45, 7) is 5.50. The molecular formula is C15H21N3. The molecule has 1 aliphatic rings. The lowest BCUT2D eigenvalue weighted by Crippen LogP contribution is -2.28. The maximum atomic E-state index is 9.05. The molecule has 0 saturated heterocycles. The van der Waals surface area contributed by atoms with Gasteiger partial charge in [-0.3, -0.25) is 0 Å². The zero-order chi connectivity index (χ0) is 13.1. The van der Waals surface area contributed by atoms with Gasteiger partial charge in [-0.15, -0.1) is 0 Å². The van der Waals surface area contributed by atoms with Gasteiger partial charge >= 0.3 is 0 Å². The van der Waals surface area contributed by atoms with Gasteiger partial charge in [0, 0.05) is 12.6 Å². The van der Waals surface area contributed by atoms with Gasteiger partial charge in [-0.2, -0.15) is 5.26 Å². The highest BCUT2D eigenvalue weighted by Gasteiger charge is 2.30. The number of nitriles is 1. The van der Waals surface area contributed by atoms with Crippen molar-refractivity contribution in [2.45, 2.75) is 39.2 Å². The monoisotopic (exact) mass is 243 g/mol. The molecule has 0 aliphatic heterocycles. The minimum Gasteiger partial charge on any atom is -0.396 e. The largest absolute Gasteiger partial charge is 0.396 e. The van der Waals surface area contributed by atoms with Crippen LogP contribution in [0.15, 0.2) is 18.2 Å². The fourth-order valence-electron chi connectivity index (χ4n) is 2.18. The lowest BCUT2D eigenvalue weighted by molar-refractivity contribution is 0.571. The maximum absolute atomic E-state index is 9.05. The van der Waals surface area contributed by atoms with E-state index in [9.17, 15) is 0 Å². The Morgan fingerprint density at radius 3 is 2.72 bits per heavy atom. The van der Waals surface area contributed by atoms with Gasteiger partial charge in [0.15, 0.2) is 0 Å². The van der Waals surface area contributed by atoms with Crippen LogP contribution < -0.4 is 10.6 Å². The summed E-state index contributed by atoms with van der Waals surface area (Å²) in [5.41, 5.74) is 8.36. The summed E-state index contributed by atoms with van der Waals surface area (Å²) in [7, 11) is 0. The van der Waals surface area contributed by atoms with E-state index in [0.717, 1.165) is 18.7 Å². The predicted octanol–water partition coefficient (Wildman–Crippen LogP) is 3.16. The van der Waals surface area contributed by atoms with E-state index in [2.05, 4.69) is 24.8 Å². The van der Waals surface area contributed by atoms with Crippen LogP contribution in [-0.4, -0.2) is 12.6 Å². The maximum Gasteiger partial charge on any atom is 0.101 e. The molecule has 2 N–H and O–H groups in total. The van der Waals surface area contributed by atoms with Crippen LogP contribution in [-0.2, 0) is 0 Å². The second kappa shape index (κ2) is 5.30. The fourth-order valence-corrected chi connectivity index (χ4v) is 2.18. The molecular weight excluding hydrogens is 222 g/mol. The number of rotatable bonds is 5. The van der Waals surface area contributed by atoms with E-state index in [1.54, 1.807) is 6.07 Å². The zero-order valence-electron chi connectivity index (χ0n) is 11.2. The second-order valence-electron chi connectivity index (χ2n) is 5.46. The lowest BCUT2D eigenvalue weighted by atomic mass is 10.1. The quantitative estimate of drug-likeness (QED) is 0.808. The van der Waals surface area contributed by atoms with E-state index >= 15 is 0 Å². The third-order valence-corrected chi connectivity index (χ3v) is 3.45. The molecule has 2 rings (SSSR count). The Labute approximate surface area is 109 Å². The fraction of sp³-hybridized carbons (Fsp3) is 0.533. The number of hydrogen-bond acceptors (Lipinski definition) is 3. The third-order valence-electron chi connectivity index (χ3n) is 3.45. The van der Waals surface area contributed by atoms with Crippen LogP contribution in [0.25, 0.3) is 0 Å². The molecule has 1 aromatic carbocycles. The Morgan fingerprint density at radius 2 is 2.17 bits per heavy atom. The lowest BCUT2D eigenvalue weighted by Gasteiger charge is -2.27. The van der Waals surface area contributed by atoms with Crippen LogP contribution in [0.2, 0.25) is 0 Å². The van der Waals surface area contributed by atoms with Crippen LogP contribution in [0, 0.1) is 17.2 Å². The number of nitrogens with two attached hydrogens (primary N) is 1. The highest BCUT2D eigenvalue weighted by Crippen LogP contribution is 2.36. The van der Waals surface area contributed by atoms with Crippen LogP contribution in [0.3, 0.4) is 0 Å². The summed E-state index contributed by atoms with van der Waals surface area (Å²) in [4.78, 5) is 2.39. The molecule has 0 amide bonds. The summed E-state index contributed by atoms with van der Waals surface area (Å²) in [6, 6.07) is 8.53. The van der Waals surface area contributed by atoms with Gasteiger partial charge < -0.3 is 10.6 Å². The van der Waals surface area contributed by atoms with E-state index in [0.29, 0.717) is 23.2 Å². The van der Waals surface area contributed by atoms with E-state index in [1.165, 1.54) is 12.8 Å². The van der Waals surface area contributed by atoms with Gasteiger partial charge in [0.05, 0.1) is 16.9 Å². The number of para-hydroxylation sites is 1. The topological polar surface area (TPSA) is 53.0 Å². The highest BCUT2D eigenvalue weighted by atomic mass is 15.2. The minimum absolute atomic E-state index is 0.586. The normalized spacial score (nSPS) is 14.6. The molecule has 0 unspecified atom stereocenters. The Kier molecular flexibility index (Phi) is 3.76. The Bertz CT molecular complexity index is 455. The Balaban J connectivity index is 2.23. The molecule has 1 aliphatic carbocycles. The molecule has 3 nitrogen and oxygen atoms in total. The molecule has 0 radical (unpaired) electrons. The first-order chi connectivity index (χ1) is 8.63. The van der Waals surface area contributed by atoms with Gasteiger partial charge in [0.2, 0.25) is 0 Å². The van der Waals surface area contributed by atoms with Crippen LogP contribution in [0.4, 0.5) is 11.4 Å². The number of anilines is 2. The average molecular weight is 243 g/mol. The van der Waals surface area contributed by atoms with Crippen molar-refractivity contribution in [2.24, 2.45) is 5.92 Å². The van der Waals surface area contributed by atoms with Crippen molar-refractivity contribution in [3.05, 3.63) is 23.8 Å². The average Bonchev–Trinajstić information content (AvgIpc) is 3.15. The standard InChI is InChI=1S/C15H21N3/c1-11(2)8-9-18(13-6-7-13)14-5-3-4-12(10-16)15(14)17/h3-5,11,13H,6-9,17H2,1-2H3. The molecule has 1 aromatic rings. The molecule has 0 spiro atoms. The Morgan fingerprint density at radius 1 is 1.44 bits per heavy atom. The van der Waals surface area contributed by atoms with Crippen molar-refractivity contribution >= 4 is 11.4 Å². The third kappa shape index (κ3) is 2.76. The van der Waals surface area contributed by atoms with Crippen molar-refractivity contribution in [1.82, 2.24) is 0 Å². The van der Waals surface area contributed by atoms with Gasteiger partial charge in [0.25, 0.3) is 0 Å². The summed E-state index contributed by atoms with van der Waals surface area (Å²) < 4.78 is 0. The molecule has 0 aromatic heterocycles. The van der Waals surface area contributed by atoms with E-state index in [1.807, 2.05) is 12.1 Å². The molecule has 1 fully saturated rings. The van der Waals surface area contributed by atoms with Gasteiger partial charge in [-0.05, 0) is 37.3 Å². The zero-order valence-corrected chi connectivity index (χ0v) is 11.2. The summed E-state index contributed by atoms with van der Waals surface area (Å²) in [6.07, 6.45) is 3.65. The molecule has 3 heteroatoms. The number of nitrogen functional groups attached to an aromatic ring is 1. The first-order valence-electron chi connectivity index (χ1n) is 6.68. The SMILES string of the molecule is CC(C)CCN(c1cccc(C#N)c1N)C1CC1. The first-order valence-corrected chi connectivity index (χ1v) is 6.68. The van der Waals surface area contributed by atoms with Crippen molar-refractivity contribution in [3.63, 3.8) is 0 Å². The van der Waals surface area contributed by atoms with E-state index in [-0.39, 0.29) is 0 Å². The second-order valence-corrected chi connectivity index (χ2v) is 5.46. The number of hydrogen-bond donors (Lipinski definition) is 1.